The van der Waals surface area contributed by atoms with Gasteiger partial charge in [0.1, 0.15) is 36.6 Å². The van der Waals surface area contributed by atoms with Crippen LogP contribution in [0, 0.1) is 0 Å². The normalized spacial score (nSPS) is 38.8. The lowest BCUT2D eigenvalue weighted by Gasteiger charge is -2.43. The molecule has 190 valence electrons. The summed E-state index contributed by atoms with van der Waals surface area (Å²) in [6, 6.07) is -0.559. The average molecular weight is 468 g/mol. The Kier molecular flexibility index (Phi) is 12.2. The molecule has 0 bridgehead atoms. The van der Waals surface area contributed by atoms with Crippen LogP contribution in [0.5, 0.6) is 0 Å². The molecule has 11 heteroatoms. The first-order valence-electron chi connectivity index (χ1n) is 11.6. The molecule has 11 nitrogen and oxygen atoms in total. The standard InChI is InChI=1S/C21H41NO10/c23-11-13-16(26)17(27)14(25)10-22(13)8-6-4-2-1-3-5-7-9-31-20-15(12-24)32-21(30)19(29)18(20)28/h13-21,23-30H,1-12H2/t13-,14+,15-,16-,17-,18-,19-,20-,21?/m1/s1. The van der Waals surface area contributed by atoms with E-state index in [2.05, 4.69) is 0 Å². The molecule has 2 rings (SSSR count). The van der Waals surface area contributed by atoms with Gasteiger partial charge in [-0.2, -0.15) is 0 Å². The molecule has 9 atom stereocenters. The summed E-state index contributed by atoms with van der Waals surface area (Å²) in [4.78, 5) is 1.83. The Hall–Kier alpha value is -0.440. The second kappa shape index (κ2) is 14.1. The zero-order valence-electron chi connectivity index (χ0n) is 18.5. The maximum Gasteiger partial charge on any atom is 0.184 e. The van der Waals surface area contributed by atoms with Crippen molar-refractivity contribution in [3.8, 4) is 0 Å². The predicted molar refractivity (Wildman–Crippen MR) is 113 cm³/mol. The van der Waals surface area contributed by atoms with Crippen molar-refractivity contribution in [2.24, 2.45) is 0 Å². The van der Waals surface area contributed by atoms with Gasteiger partial charge >= 0.3 is 0 Å². The summed E-state index contributed by atoms with van der Waals surface area (Å²) in [5.74, 6) is 0. The van der Waals surface area contributed by atoms with Gasteiger partial charge in [0.05, 0.1) is 25.4 Å². The summed E-state index contributed by atoms with van der Waals surface area (Å²) >= 11 is 0. The van der Waals surface area contributed by atoms with Crippen LogP contribution >= 0.6 is 0 Å². The highest BCUT2D eigenvalue weighted by Crippen LogP contribution is 2.23. The van der Waals surface area contributed by atoms with E-state index >= 15 is 0 Å². The fourth-order valence-electron chi connectivity index (χ4n) is 4.43. The molecule has 0 aromatic heterocycles. The average Bonchev–Trinajstić information content (AvgIpc) is 2.78. The maximum atomic E-state index is 10.0. The molecule has 0 aromatic carbocycles. The van der Waals surface area contributed by atoms with E-state index in [1.54, 1.807) is 0 Å². The molecule has 0 aliphatic carbocycles. The Morgan fingerprint density at radius 1 is 0.719 bits per heavy atom. The summed E-state index contributed by atoms with van der Waals surface area (Å²) in [6.07, 6.45) is -2.95. The molecule has 2 saturated heterocycles. The largest absolute Gasteiger partial charge is 0.395 e. The number of ether oxygens (including phenoxy) is 2. The highest BCUT2D eigenvalue weighted by molar-refractivity contribution is 4.94. The van der Waals surface area contributed by atoms with Crippen LogP contribution in [0.1, 0.15) is 44.9 Å². The highest BCUT2D eigenvalue weighted by Gasteiger charge is 2.44. The number of unbranched alkanes of at least 4 members (excludes halogenated alkanes) is 6. The Labute approximate surface area is 188 Å². The molecule has 2 aliphatic rings. The molecule has 0 saturated carbocycles. The van der Waals surface area contributed by atoms with Gasteiger partial charge in [0.2, 0.25) is 0 Å². The quantitative estimate of drug-likeness (QED) is 0.132. The first kappa shape index (κ1) is 27.8. The third kappa shape index (κ3) is 7.54. The van der Waals surface area contributed by atoms with E-state index in [-0.39, 0.29) is 13.2 Å². The van der Waals surface area contributed by atoms with Crippen molar-refractivity contribution in [3.63, 3.8) is 0 Å². The lowest BCUT2D eigenvalue weighted by Crippen LogP contribution is -2.62. The second-order valence-electron chi connectivity index (χ2n) is 8.83. The topological polar surface area (TPSA) is 184 Å². The number of aliphatic hydroxyl groups is 8. The molecule has 0 aromatic rings. The predicted octanol–water partition coefficient (Wildman–Crippen LogP) is -2.71. The number of rotatable bonds is 13. The van der Waals surface area contributed by atoms with Crippen LogP contribution in [0.4, 0.5) is 0 Å². The molecule has 2 heterocycles. The van der Waals surface area contributed by atoms with Crippen molar-refractivity contribution >= 4 is 0 Å². The van der Waals surface area contributed by atoms with E-state index in [1.165, 1.54) is 0 Å². The minimum atomic E-state index is -1.55. The van der Waals surface area contributed by atoms with Crippen molar-refractivity contribution in [2.75, 3.05) is 32.9 Å². The molecule has 0 spiro atoms. The highest BCUT2D eigenvalue weighted by atomic mass is 16.7. The van der Waals surface area contributed by atoms with Crippen molar-refractivity contribution in [2.45, 2.75) is 100 Å². The van der Waals surface area contributed by atoms with E-state index < -0.39 is 61.7 Å². The van der Waals surface area contributed by atoms with Gasteiger partial charge in [0.25, 0.3) is 0 Å². The minimum Gasteiger partial charge on any atom is -0.395 e. The van der Waals surface area contributed by atoms with Crippen LogP contribution in [-0.2, 0) is 9.47 Å². The van der Waals surface area contributed by atoms with Crippen LogP contribution in [0.2, 0.25) is 0 Å². The summed E-state index contributed by atoms with van der Waals surface area (Å²) in [7, 11) is 0. The van der Waals surface area contributed by atoms with Gasteiger partial charge in [0.15, 0.2) is 6.29 Å². The van der Waals surface area contributed by atoms with Crippen LogP contribution in [0.3, 0.4) is 0 Å². The third-order valence-electron chi connectivity index (χ3n) is 6.46. The Balaban J connectivity index is 1.52. The second-order valence-corrected chi connectivity index (χ2v) is 8.83. The third-order valence-corrected chi connectivity index (χ3v) is 6.46. The van der Waals surface area contributed by atoms with Crippen LogP contribution in [-0.4, -0.2) is 134 Å². The monoisotopic (exact) mass is 467 g/mol. The SMILES string of the molecule is OC[C@@H]1[C@@H](O)[C@H](O)[C@@H](O)CN1CCCCCCCCCO[C@H]1[C@H](O)[C@@H](O)C(O)O[C@@H]1CO. The fraction of sp³-hybridized carbons (Fsp3) is 1.00. The fourth-order valence-corrected chi connectivity index (χ4v) is 4.43. The van der Waals surface area contributed by atoms with Gasteiger partial charge in [-0.1, -0.05) is 32.1 Å². The first-order chi connectivity index (χ1) is 15.3. The molecular formula is C21H41NO10. The molecule has 1 unspecified atom stereocenters. The Bertz CT molecular complexity index is 513. The summed E-state index contributed by atoms with van der Waals surface area (Å²) in [6.45, 7) is 0.518. The molecule has 32 heavy (non-hydrogen) atoms. The van der Waals surface area contributed by atoms with Gasteiger partial charge in [-0.15, -0.1) is 0 Å². The van der Waals surface area contributed by atoms with E-state index in [9.17, 15) is 40.9 Å². The minimum absolute atomic E-state index is 0.233. The number of hydrogen-bond acceptors (Lipinski definition) is 11. The number of likely N-dealkylation sites (tertiary alicyclic amines) is 1. The summed E-state index contributed by atoms with van der Waals surface area (Å²) in [5, 5.41) is 77.5. The van der Waals surface area contributed by atoms with Crippen molar-refractivity contribution in [1.82, 2.24) is 4.90 Å². The first-order valence-corrected chi connectivity index (χ1v) is 11.6. The van der Waals surface area contributed by atoms with Crippen LogP contribution in [0.15, 0.2) is 0 Å². The van der Waals surface area contributed by atoms with Gasteiger partial charge in [-0.05, 0) is 19.4 Å². The van der Waals surface area contributed by atoms with E-state index in [0.29, 0.717) is 13.2 Å². The Morgan fingerprint density at radius 3 is 1.97 bits per heavy atom. The zero-order chi connectivity index (χ0) is 23.7. The van der Waals surface area contributed by atoms with Crippen molar-refractivity contribution < 1.29 is 50.3 Å². The van der Waals surface area contributed by atoms with Crippen molar-refractivity contribution in [1.29, 1.82) is 0 Å². The molecular weight excluding hydrogens is 426 g/mol. The Morgan fingerprint density at radius 2 is 1.34 bits per heavy atom. The molecule has 0 amide bonds. The molecule has 0 radical (unpaired) electrons. The molecule has 2 fully saturated rings. The van der Waals surface area contributed by atoms with Gasteiger partial charge in [-0.25, -0.2) is 0 Å². The van der Waals surface area contributed by atoms with Gasteiger partial charge in [0, 0.05) is 13.2 Å². The number of piperidine rings is 1. The van der Waals surface area contributed by atoms with E-state index in [1.807, 2.05) is 4.90 Å². The number of β-amino-alcohol motifs (C(OH)–C–C–N with tert-alkyl or cyclic N) is 1. The molecule has 2 aliphatic heterocycles. The van der Waals surface area contributed by atoms with Crippen LogP contribution < -0.4 is 0 Å². The number of aliphatic hydroxyl groups excluding tert-OH is 8. The summed E-state index contributed by atoms with van der Waals surface area (Å²) in [5.41, 5.74) is 0. The van der Waals surface area contributed by atoms with Gasteiger partial charge in [-0.3, -0.25) is 4.90 Å². The van der Waals surface area contributed by atoms with Crippen LogP contribution in [0.25, 0.3) is 0 Å². The van der Waals surface area contributed by atoms with E-state index in [4.69, 9.17) is 9.47 Å². The van der Waals surface area contributed by atoms with Gasteiger partial charge < -0.3 is 50.3 Å². The number of nitrogens with zero attached hydrogens (tertiary/aromatic N) is 1. The summed E-state index contributed by atoms with van der Waals surface area (Å²) < 4.78 is 10.6. The van der Waals surface area contributed by atoms with Crippen molar-refractivity contribution in [3.05, 3.63) is 0 Å². The lowest BCUT2D eigenvalue weighted by molar-refractivity contribution is -0.294. The smallest absolute Gasteiger partial charge is 0.184 e. The zero-order valence-corrected chi connectivity index (χ0v) is 18.5. The lowest BCUT2D eigenvalue weighted by atomic mass is 9.94. The molecule has 8 N–H and O–H groups in total. The number of hydrogen-bond donors (Lipinski definition) is 8. The van der Waals surface area contributed by atoms with E-state index in [0.717, 1.165) is 44.9 Å². The maximum absolute atomic E-state index is 10.0.